The van der Waals surface area contributed by atoms with E-state index in [-0.39, 0.29) is 29.7 Å². The van der Waals surface area contributed by atoms with Crippen molar-refractivity contribution in [2.75, 3.05) is 20.7 Å². The van der Waals surface area contributed by atoms with Gasteiger partial charge in [-0.3, -0.25) is 9.79 Å². The molecule has 1 unspecified atom stereocenters. The molecule has 34 heavy (non-hydrogen) atoms. The first-order valence-corrected chi connectivity index (χ1v) is 12.3. The Morgan fingerprint density at radius 3 is 2.32 bits per heavy atom. The molecule has 1 rings (SSSR count). The number of nitrogens with two attached hydrogens (primary N) is 1. The van der Waals surface area contributed by atoms with Crippen molar-refractivity contribution in [3.8, 4) is 5.75 Å². The van der Waals surface area contributed by atoms with Crippen molar-refractivity contribution in [3.63, 3.8) is 0 Å². The molecule has 0 heterocycles. The zero-order valence-corrected chi connectivity index (χ0v) is 22.0. The Balaban J connectivity index is 2.83. The molecule has 11 nitrogen and oxygen atoms in total. The van der Waals surface area contributed by atoms with Gasteiger partial charge in [-0.25, -0.2) is 17.9 Å². The van der Waals surface area contributed by atoms with E-state index in [1.807, 2.05) is 0 Å². The normalized spacial score (nSPS) is 13.1. The second-order valence-corrected chi connectivity index (χ2v) is 10.4. The molecule has 1 atom stereocenters. The highest BCUT2D eigenvalue weighted by molar-refractivity contribution is 7.90. The molecule has 5 N–H and O–H groups in total. The average molecular weight is 500 g/mol. The van der Waals surface area contributed by atoms with Crippen LogP contribution in [0.5, 0.6) is 5.75 Å². The molecule has 12 heteroatoms. The smallest absolute Gasteiger partial charge is 0.408 e. The van der Waals surface area contributed by atoms with Crippen LogP contribution >= 0.6 is 0 Å². The van der Waals surface area contributed by atoms with Crippen molar-refractivity contribution >= 4 is 28.0 Å². The van der Waals surface area contributed by atoms with E-state index in [1.54, 1.807) is 47.6 Å². The molecule has 1 aromatic rings. The summed E-state index contributed by atoms with van der Waals surface area (Å²) in [6.07, 6.45) is -0.105. The van der Waals surface area contributed by atoms with Crippen molar-refractivity contribution in [2.45, 2.75) is 70.9 Å². The summed E-state index contributed by atoms with van der Waals surface area (Å²) in [7, 11) is -0.987. The third-order valence-corrected chi connectivity index (χ3v) is 6.54. The van der Waals surface area contributed by atoms with Gasteiger partial charge in [0.15, 0.2) is 0 Å². The molecule has 0 aliphatic carbocycles. The van der Waals surface area contributed by atoms with Gasteiger partial charge in [-0.05, 0) is 77.1 Å². The Labute approximate surface area is 201 Å². The summed E-state index contributed by atoms with van der Waals surface area (Å²) in [6, 6.07) is 0.821. The molecule has 0 aliphatic rings. The molecule has 0 aromatic heterocycles. The molecule has 0 saturated heterocycles. The first-order chi connectivity index (χ1) is 15.6. The number of guanidine groups is 1. The lowest BCUT2D eigenvalue weighted by molar-refractivity contribution is -0.122. The summed E-state index contributed by atoms with van der Waals surface area (Å²) in [6.45, 7) is 10.4. The van der Waals surface area contributed by atoms with Crippen LogP contribution < -0.4 is 25.8 Å². The number of benzene rings is 1. The fraction of sp³-hybridized carbons (Fsp3) is 0.591. The summed E-state index contributed by atoms with van der Waals surface area (Å²) in [5.41, 5.74) is 6.89. The number of methoxy groups -OCH3 is 1. The zero-order valence-electron chi connectivity index (χ0n) is 21.2. The Morgan fingerprint density at radius 1 is 1.18 bits per heavy atom. The lowest BCUT2D eigenvalue weighted by Gasteiger charge is -2.22. The van der Waals surface area contributed by atoms with E-state index in [9.17, 15) is 18.0 Å². The number of amides is 2. The second-order valence-electron chi connectivity index (χ2n) is 8.80. The van der Waals surface area contributed by atoms with Crippen molar-refractivity contribution in [2.24, 2.45) is 10.7 Å². The van der Waals surface area contributed by atoms with E-state index in [4.69, 9.17) is 15.2 Å². The molecule has 0 radical (unpaired) electrons. The van der Waals surface area contributed by atoms with Gasteiger partial charge in [0.05, 0.1) is 12.0 Å². The predicted octanol–water partition coefficient (Wildman–Crippen LogP) is 1.63. The molecule has 1 aromatic carbocycles. The quantitative estimate of drug-likeness (QED) is 0.228. The number of carbonyl (C=O) groups is 2. The highest BCUT2D eigenvalue weighted by atomic mass is 32.2. The van der Waals surface area contributed by atoms with Gasteiger partial charge in [0.25, 0.3) is 10.0 Å². The SMILES string of the molecule is CNC(=O)C(CCCN=C(N)NS(=O)(=O)c1c(C)cc(OC)c(C)c1C)NC(=O)OC(C)(C)C. The van der Waals surface area contributed by atoms with Crippen molar-refractivity contribution < 1.29 is 27.5 Å². The Hall–Kier alpha value is -3.02. The Kier molecular flexibility index (Phi) is 10.2. The summed E-state index contributed by atoms with van der Waals surface area (Å²) in [5.74, 6) is -0.0607. The fourth-order valence-corrected chi connectivity index (χ4v) is 4.74. The Morgan fingerprint density at radius 2 is 1.79 bits per heavy atom. The second kappa shape index (κ2) is 11.9. The van der Waals surface area contributed by atoms with E-state index in [2.05, 4.69) is 20.3 Å². The van der Waals surface area contributed by atoms with Crippen molar-refractivity contribution in [1.82, 2.24) is 15.4 Å². The summed E-state index contributed by atoms with van der Waals surface area (Å²) < 4.78 is 38.6. The number of hydrogen-bond donors (Lipinski definition) is 4. The van der Waals surface area contributed by atoms with Crippen molar-refractivity contribution in [3.05, 3.63) is 22.8 Å². The number of aryl methyl sites for hydroxylation is 1. The number of ether oxygens (including phenoxy) is 2. The van der Waals surface area contributed by atoms with E-state index in [1.165, 1.54) is 14.2 Å². The molecule has 0 aliphatic heterocycles. The van der Waals surface area contributed by atoms with E-state index >= 15 is 0 Å². The minimum atomic E-state index is -3.97. The number of rotatable bonds is 9. The van der Waals surface area contributed by atoms with Gasteiger partial charge in [0.1, 0.15) is 17.4 Å². The number of aliphatic imine (C=N–C) groups is 1. The molecular weight excluding hydrogens is 462 g/mol. The van der Waals surface area contributed by atoms with Crippen LogP contribution in [0.1, 0.15) is 50.3 Å². The van der Waals surface area contributed by atoms with Gasteiger partial charge < -0.3 is 25.8 Å². The minimum absolute atomic E-state index is 0.116. The van der Waals surface area contributed by atoms with Crippen LogP contribution in [0.2, 0.25) is 0 Å². The molecule has 0 fully saturated rings. The minimum Gasteiger partial charge on any atom is -0.496 e. The third kappa shape index (κ3) is 8.40. The summed E-state index contributed by atoms with van der Waals surface area (Å²) >= 11 is 0. The monoisotopic (exact) mass is 499 g/mol. The van der Waals surface area contributed by atoms with Gasteiger partial charge >= 0.3 is 6.09 Å². The summed E-state index contributed by atoms with van der Waals surface area (Å²) in [5, 5.41) is 5.01. The number of sulfonamides is 1. The first-order valence-electron chi connectivity index (χ1n) is 10.8. The lowest BCUT2D eigenvalue weighted by Crippen LogP contribution is -2.47. The van der Waals surface area contributed by atoms with Gasteiger partial charge in [-0.2, -0.15) is 0 Å². The third-order valence-electron chi connectivity index (χ3n) is 4.89. The first kappa shape index (κ1) is 29.0. The number of nitrogens with one attached hydrogen (secondary N) is 3. The fourth-order valence-electron chi connectivity index (χ4n) is 3.26. The van der Waals surface area contributed by atoms with Crippen LogP contribution in [0.3, 0.4) is 0 Å². The summed E-state index contributed by atoms with van der Waals surface area (Å²) in [4.78, 5) is 28.2. The van der Waals surface area contributed by atoms with Crippen LogP contribution in [-0.2, 0) is 19.6 Å². The topological polar surface area (TPSA) is 161 Å². The van der Waals surface area contributed by atoms with E-state index < -0.39 is 27.8 Å². The van der Waals surface area contributed by atoms with Crippen LogP contribution in [0, 0.1) is 20.8 Å². The standard InChI is InChI=1S/C22H37N5O6S/c1-13-12-17(32-8)14(2)15(3)18(13)34(30,31)27-20(23)25-11-9-10-16(19(28)24-7)26-21(29)33-22(4,5)6/h12,16H,9-11H2,1-8H3,(H,24,28)(H,26,29)(H3,23,25,27). The largest absolute Gasteiger partial charge is 0.496 e. The number of alkyl carbamates (subject to hydrolysis) is 1. The number of hydrogen-bond acceptors (Lipinski definition) is 7. The van der Waals surface area contributed by atoms with Crippen LogP contribution in [0.4, 0.5) is 4.79 Å². The number of likely N-dealkylation sites (N-methyl/N-ethyl adjacent to an activating group) is 1. The molecular formula is C22H37N5O6S. The van der Waals surface area contributed by atoms with Gasteiger partial charge in [-0.1, -0.05) is 0 Å². The van der Waals surface area contributed by atoms with E-state index in [0.717, 1.165) is 0 Å². The molecule has 2 amide bonds. The van der Waals surface area contributed by atoms with Gasteiger partial charge in [0, 0.05) is 13.6 Å². The van der Waals surface area contributed by atoms with Crippen LogP contribution in [0.25, 0.3) is 0 Å². The number of nitrogens with zero attached hydrogens (tertiary/aromatic N) is 1. The molecule has 0 bridgehead atoms. The lowest BCUT2D eigenvalue weighted by atomic mass is 10.1. The van der Waals surface area contributed by atoms with E-state index in [0.29, 0.717) is 28.9 Å². The molecule has 0 saturated carbocycles. The molecule has 0 spiro atoms. The van der Waals surface area contributed by atoms with Crippen LogP contribution in [-0.4, -0.2) is 58.7 Å². The number of carbonyl (C=O) groups excluding carboxylic acids is 2. The van der Waals surface area contributed by atoms with Gasteiger partial charge in [-0.15, -0.1) is 0 Å². The maximum Gasteiger partial charge on any atom is 0.408 e. The highest BCUT2D eigenvalue weighted by Gasteiger charge is 2.25. The maximum atomic E-state index is 12.9. The maximum absolute atomic E-state index is 12.9. The zero-order chi connectivity index (χ0) is 26.3. The van der Waals surface area contributed by atoms with Crippen LogP contribution in [0.15, 0.2) is 16.0 Å². The molecule has 192 valence electrons. The van der Waals surface area contributed by atoms with Crippen molar-refractivity contribution in [1.29, 1.82) is 0 Å². The highest BCUT2D eigenvalue weighted by Crippen LogP contribution is 2.30. The average Bonchev–Trinajstić information content (AvgIpc) is 2.70. The predicted molar refractivity (Wildman–Crippen MR) is 130 cm³/mol. The Bertz CT molecular complexity index is 1030. The van der Waals surface area contributed by atoms with Gasteiger partial charge in [0.2, 0.25) is 11.9 Å².